The molecule has 0 saturated carbocycles. The molecule has 5 nitrogen and oxygen atoms in total. The first-order valence-corrected chi connectivity index (χ1v) is 23.2. The molecule has 0 amide bonds. The molecule has 0 aliphatic rings. The number of hydrogen-bond acceptors (Lipinski definition) is 5. The summed E-state index contributed by atoms with van der Waals surface area (Å²) in [5, 5.41) is 9.58. The minimum atomic E-state index is -0.769. The van der Waals surface area contributed by atoms with E-state index in [1.807, 2.05) is 0 Å². The van der Waals surface area contributed by atoms with E-state index in [1.54, 1.807) is 0 Å². The van der Waals surface area contributed by atoms with Crippen LogP contribution in [-0.4, -0.2) is 36.4 Å². The highest BCUT2D eigenvalue weighted by atomic mass is 16.6. The van der Waals surface area contributed by atoms with Crippen LogP contribution in [0.4, 0.5) is 0 Å². The van der Waals surface area contributed by atoms with Gasteiger partial charge in [0.1, 0.15) is 6.61 Å². The largest absolute Gasteiger partial charge is 0.462 e. The molecule has 0 aromatic carbocycles. The maximum absolute atomic E-state index is 12.2. The normalized spacial score (nSPS) is 12.1. The Hall–Kier alpha value is -1.36. The number of carbonyl (C=O) groups is 2. The number of unbranched alkanes of at least 4 members (excludes halogenated alkanes) is 33. The first-order chi connectivity index (χ1) is 25.6. The van der Waals surface area contributed by atoms with E-state index >= 15 is 0 Å². The molecule has 5 heteroatoms. The van der Waals surface area contributed by atoms with Crippen LogP contribution in [0.15, 0.2) is 12.2 Å². The van der Waals surface area contributed by atoms with Crippen molar-refractivity contribution in [2.24, 2.45) is 0 Å². The topological polar surface area (TPSA) is 72.8 Å². The summed E-state index contributed by atoms with van der Waals surface area (Å²) in [5.74, 6) is -0.586. The molecule has 0 spiro atoms. The average molecular weight is 735 g/mol. The van der Waals surface area contributed by atoms with Crippen LogP contribution in [0, 0.1) is 0 Å². The summed E-state index contributed by atoms with van der Waals surface area (Å²) in [4.78, 5) is 24.3. The molecular weight excluding hydrogens is 645 g/mol. The zero-order chi connectivity index (χ0) is 37.8. The Bertz CT molecular complexity index is 750. The lowest BCUT2D eigenvalue weighted by Crippen LogP contribution is -2.28. The van der Waals surface area contributed by atoms with Gasteiger partial charge in [-0.05, 0) is 38.5 Å². The van der Waals surface area contributed by atoms with Crippen LogP contribution >= 0.6 is 0 Å². The Labute approximate surface area is 324 Å². The molecule has 0 aliphatic heterocycles. The van der Waals surface area contributed by atoms with Crippen molar-refractivity contribution in [1.82, 2.24) is 0 Å². The van der Waals surface area contributed by atoms with Crippen molar-refractivity contribution in [3.8, 4) is 0 Å². The van der Waals surface area contributed by atoms with E-state index in [0.717, 1.165) is 38.5 Å². The zero-order valence-electron chi connectivity index (χ0n) is 35.1. The van der Waals surface area contributed by atoms with Crippen LogP contribution < -0.4 is 0 Å². The molecule has 52 heavy (non-hydrogen) atoms. The second-order valence-corrected chi connectivity index (χ2v) is 15.8. The van der Waals surface area contributed by atoms with Crippen LogP contribution in [-0.2, 0) is 19.1 Å². The lowest BCUT2D eigenvalue weighted by Gasteiger charge is -2.15. The van der Waals surface area contributed by atoms with Gasteiger partial charge >= 0.3 is 11.9 Å². The van der Waals surface area contributed by atoms with Crippen molar-refractivity contribution in [3.63, 3.8) is 0 Å². The molecule has 0 aromatic heterocycles. The molecule has 0 aliphatic carbocycles. The molecule has 0 heterocycles. The van der Waals surface area contributed by atoms with Gasteiger partial charge in [-0.15, -0.1) is 0 Å². The lowest BCUT2D eigenvalue weighted by atomic mass is 10.0. The number of hydrogen-bond donors (Lipinski definition) is 1. The Kier molecular flexibility index (Phi) is 42.9. The molecule has 0 fully saturated rings. The number of allylic oxidation sites excluding steroid dienone is 2. The van der Waals surface area contributed by atoms with E-state index in [9.17, 15) is 14.7 Å². The Morgan fingerprint density at radius 1 is 0.423 bits per heavy atom. The van der Waals surface area contributed by atoms with Crippen LogP contribution in [0.3, 0.4) is 0 Å². The van der Waals surface area contributed by atoms with Crippen molar-refractivity contribution in [1.29, 1.82) is 0 Å². The van der Waals surface area contributed by atoms with Gasteiger partial charge in [0.25, 0.3) is 0 Å². The van der Waals surface area contributed by atoms with Gasteiger partial charge in [0.2, 0.25) is 0 Å². The fourth-order valence-corrected chi connectivity index (χ4v) is 7.02. The van der Waals surface area contributed by atoms with E-state index in [0.29, 0.717) is 12.8 Å². The third-order valence-corrected chi connectivity index (χ3v) is 10.6. The summed E-state index contributed by atoms with van der Waals surface area (Å²) >= 11 is 0. The molecule has 308 valence electrons. The zero-order valence-corrected chi connectivity index (χ0v) is 35.1. The van der Waals surface area contributed by atoms with Crippen molar-refractivity contribution in [2.45, 2.75) is 264 Å². The van der Waals surface area contributed by atoms with E-state index in [2.05, 4.69) is 26.0 Å². The first kappa shape index (κ1) is 50.6. The van der Waals surface area contributed by atoms with Gasteiger partial charge < -0.3 is 14.6 Å². The van der Waals surface area contributed by atoms with Crippen LogP contribution in [0.25, 0.3) is 0 Å². The minimum absolute atomic E-state index is 0.0628. The lowest BCUT2D eigenvalue weighted by molar-refractivity contribution is -0.161. The highest BCUT2D eigenvalue weighted by molar-refractivity contribution is 5.70. The Balaban J connectivity index is 3.44. The third kappa shape index (κ3) is 41.4. The number of aliphatic hydroxyl groups is 1. The summed E-state index contributed by atoms with van der Waals surface area (Å²) < 4.78 is 10.6. The van der Waals surface area contributed by atoms with Gasteiger partial charge in [0.05, 0.1) is 6.61 Å². The molecule has 0 aromatic rings. The Morgan fingerprint density at radius 2 is 0.712 bits per heavy atom. The van der Waals surface area contributed by atoms with Crippen molar-refractivity contribution in [2.75, 3.05) is 13.2 Å². The van der Waals surface area contributed by atoms with E-state index < -0.39 is 6.10 Å². The minimum Gasteiger partial charge on any atom is -0.462 e. The quantitative estimate of drug-likeness (QED) is 0.0383. The van der Waals surface area contributed by atoms with E-state index in [-0.39, 0.29) is 25.2 Å². The molecule has 0 radical (unpaired) electrons. The number of esters is 2. The smallest absolute Gasteiger partial charge is 0.306 e. The number of ether oxygens (including phenoxy) is 2. The fraction of sp³-hybridized carbons (Fsp3) is 0.915. The third-order valence-electron chi connectivity index (χ3n) is 10.6. The van der Waals surface area contributed by atoms with E-state index in [1.165, 1.54) is 193 Å². The second-order valence-electron chi connectivity index (χ2n) is 15.8. The first-order valence-electron chi connectivity index (χ1n) is 23.2. The van der Waals surface area contributed by atoms with Gasteiger partial charge in [-0.2, -0.15) is 0 Å². The number of carbonyl (C=O) groups excluding carboxylic acids is 2. The monoisotopic (exact) mass is 735 g/mol. The highest BCUT2D eigenvalue weighted by Gasteiger charge is 2.16. The summed E-state index contributed by atoms with van der Waals surface area (Å²) in [6.45, 7) is 4.15. The molecule has 0 saturated heterocycles. The van der Waals surface area contributed by atoms with Crippen LogP contribution in [0.5, 0.6) is 0 Å². The van der Waals surface area contributed by atoms with Gasteiger partial charge in [0, 0.05) is 12.8 Å². The van der Waals surface area contributed by atoms with Crippen molar-refractivity contribution in [3.05, 3.63) is 12.2 Å². The molecule has 1 atom stereocenters. The van der Waals surface area contributed by atoms with Crippen molar-refractivity contribution < 1.29 is 24.2 Å². The average Bonchev–Trinajstić information content (AvgIpc) is 3.15. The van der Waals surface area contributed by atoms with Crippen LogP contribution in [0.2, 0.25) is 0 Å². The van der Waals surface area contributed by atoms with Crippen LogP contribution in [0.1, 0.15) is 258 Å². The van der Waals surface area contributed by atoms with E-state index in [4.69, 9.17) is 9.47 Å². The van der Waals surface area contributed by atoms with Gasteiger partial charge in [-0.1, -0.05) is 219 Å². The summed E-state index contributed by atoms with van der Waals surface area (Å²) in [5.41, 5.74) is 0. The molecule has 0 bridgehead atoms. The fourth-order valence-electron chi connectivity index (χ4n) is 7.02. The number of rotatable bonds is 43. The SMILES string of the molecule is CCCCCCC/C=C\CCCCCCCC(=O)OC(CO)COC(=O)CCCCCCCCCCCCCCCCCCCCCCCCCC. The maximum Gasteiger partial charge on any atom is 0.306 e. The number of aliphatic hydroxyl groups excluding tert-OH is 1. The second kappa shape index (κ2) is 44.0. The molecule has 1 unspecified atom stereocenters. The predicted octanol–water partition coefficient (Wildman–Crippen LogP) is 14.9. The predicted molar refractivity (Wildman–Crippen MR) is 224 cm³/mol. The molecular formula is C47H90O5. The van der Waals surface area contributed by atoms with Gasteiger partial charge in [-0.25, -0.2) is 0 Å². The van der Waals surface area contributed by atoms with Gasteiger partial charge in [0.15, 0.2) is 6.10 Å². The van der Waals surface area contributed by atoms with Crippen molar-refractivity contribution >= 4 is 11.9 Å². The molecule has 1 N–H and O–H groups in total. The summed E-state index contributed by atoms with van der Waals surface area (Å²) in [7, 11) is 0. The summed E-state index contributed by atoms with van der Waals surface area (Å²) in [6, 6.07) is 0. The van der Waals surface area contributed by atoms with Gasteiger partial charge in [-0.3, -0.25) is 9.59 Å². The molecule has 0 rings (SSSR count). The highest BCUT2D eigenvalue weighted by Crippen LogP contribution is 2.16. The standard InChI is InChI=1S/C47H90O5/c1-3-5-7-9-11-13-15-17-19-20-21-22-23-24-25-26-27-28-30-31-33-35-37-39-41-46(49)51-44-45(43-48)52-47(50)42-40-38-36-34-32-29-18-16-14-12-10-8-6-4-2/h16,18,45,48H,3-15,17,19-44H2,1-2H3/b18-16-. The maximum atomic E-state index is 12.2. The Morgan fingerprint density at radius 3 is 1.04 bits per heavy atom. The summed E-state index contributed by atoms with van der Waals surface area (Å²) in [6.07, 6.45) is 51.6.